The Balaban J connectivity index is 1.05. The number of halogens is 3. The number of carbonyl (C=O) groups excluding carboxylic acids is 2. The minimum Gasteiger partial charge on any atom is -0.436 e. The van der Waals surface area contributed by atoms with Crippen molar-refractivity contribution in [1.82, 2.24) is 35.1 Å². The van der Waals surface area contributed by atoms with Crippen LogP contribution in [0.15, 0.2) is 71.3 Å². The van der Waals surface area contributed by atoms with Gasteiger partial charge in [0.25, 0.3) is 5.91 Å². The highest BCUT2D eigenvalue weighted by Crippen LogP contribution is 2.37. The number of amides is 2. The minimum atomic E-state index is -2.89. The van der Waals surface area contributed by atoms with Gasteiger partial charge in [-0.25, -0.2) is 9.37 Å². The Labute approximate surface area is 254 Å². The number of tetrazole rings is 1. The van der Waals surface area contributed by atoms with Gasteiger partial charge in [0.15, 0.2) is 11.4 Å². The fourth-order valence-corrected chi connectivity index (χ4v) is 5.81. The number of carbonyl (C=O) groups is 2. The van der Waals surface area contributed by atoms with Crippen molar-refractivity contribution in [3.05, 3.63) is 83.9 Å². The second-order valence-electron chi connectivity index (χ2n) is 11.2. The highest BCUT2D eigenvalue weighted by molar-refractivity contribution is 5.96. The zero-order valence-corrected chi connectivity index (χ0v) is 23.8. The Bertz CT molecular complexity index is 1860. The van der Waals surface area contributed by atoms with Gasteiger partial charge in [0.1, 0.15) is 17.4 Å². The van der Waals surface area contributed by atoms with Crippen LogP contribution in [0.3, 0.4) is 0 Å². The Kier molecular flexibility index (Phi) is 7.47. The summed E-state index contributed by atoms with van der Waals surface area (Å²) < 4.78 is 45.5. The van der Waals surface area contributed by atoms with Gasteiger partial charge in [-0.05, 0) is 66.3 Å². The lowest BCUT2D eigenvalue weighted by molar-refractivity contribution is -0.117. The van der Waals surface area contributed by atoms with Crippen molar-refractivity contribution >= 4 is 28.6 Å². The number of aromatic nitrogens is 6. The number of hydrogen-bond acceptors (Lipinski definition) is 8. The van der Waals surface area contributed by atoms with Gasteiger partial charge >= 0.3 is 6.55 Å². The number of rotatable bonds is 8. The van der Waals surface area contributed by atoms with Gasteiger partial charge in [-0.2, -0.15) is 8.78 Å². The van der Waals surface area contributed by atoms with E-state index in [9.17, 15) is 22.8 Å². The van der Waals surface area contributed by atoms with E-state index in [1.165, 1.54) is 6.20 Å². The fourth-order valence-electron chi connectivity index (χ4n) is 5.81. The third-order valence-corrected chi connectivity index (χ3v) is 8.28. The summed E-state index contributed by atoms with van der Waals surface area (Å²) in [6.07, 6.45) is 1.87. The first kappa shape index (κ1) is 28.6. The SMILES string of the molecule is O=C(Nc1ccc2oc(-c3ccnc(C(=O)N4CCC([C@@H](c5ccccc5)c5nnn(C(F)F)n5)CC4)c3)nc2c1)[C@@H]1C[C@@H]1F. The van der Waals surface area contributed by atoms with E-state index in [2.05, 4.69) is 30.7 Å². The van der Waals surface area contributed by atoms with Crippen molar-refractivity contribution in [1.29, 1.82) is 0 Å². The first-order valence-corrected chi connectivity index (χ1v) is 14.6. The molecule has 0 radical (unpaired) electrons. The lowest BCUT2D eigenvalue weighted by Gasteiger charge is -2.35. The molecule has 2 aliphatic rings. The van der Waals surface area contributed by atoms with Gasteiger partial charge in [-0.1, -0.05) is 35.1 Å². The number of fused-ring (bicyclic) bond motifs is 1. The van der Waals surface area contributed by atoms with Crippen LogP contribution in [0.2, 0.25) is 0 Å². The number of alkyl halides is 3. The van der Waals surface area contributed by atoms with E-state index in [1.54, 1.807) is 35.2 Å². The number of piperidine rings is 1. The molecule has 14 heteroatoms. The van der Waals surface area contributed by atoms with Crippen LogP contribution in [-0.2, 0) is 4.79 Å². The smallest absolute Gasteiger partial charge is 0.350 e. The molecule has 11 nitrogen and oxygen atoms in total. The maximum absolute atomic E-state index is 13.5. The predicted molar refractivity (Wildman–Crippen MR) is 155 cm³/mol. The standard InChI is InChI=1S/C31H27F3N8O3/c32-22-16-21(22)28(43)36-20-6-7-25-23(15-20)37-29(45-25)19-8-11-35-24(14-19)30(44)41-12-9-18(10-13-41)26(17-4-2-1-3-5-17)27-38-40-42(39-27)31(33)34/h1-8,11,14-15,18,21-22,26,31H,9-10,12-13,16H2,(H,36,43)/t21-,22+,26-/m1/s1. The first-order chi connectivity index (χ1) is 21.8. The van der Waals surface area contributed by atoms with Crippen LogP contribution in [-0.4, -0.2) is 66.2 Å². The van der Waals surface area contributed by atoms with Crippen LogP contribution < -0.4 is 5.32 Å². The van der Waals surface area contributed by atoms with Gasteiger partial charge < -0.3 is 14.6 Å². The molecular weight excluding hydrogens is 589 g/mol. The normalized spacial score (nSPS) is 19.2. The largest absolute Gasteiger partial charge is 0.436 e. The zero-order chi connectivity index (χ0) is 31.1. The Hall–Kier alpha value is -5.14. The van der Waals surface area contributed by atoms with E-state index < -0.39 is 18.6 Å². The summed E-state index contributed by atoms with van der Waals surface area (Å²) >= 11 is 0. The molecule has 230 valence electrons. The number of anilines is 1. The van der Waals surface area contributed by atoms with Gasteiger partial charge in [0.05, 0.1) is 11.8 Å². The predicted octanol–water partition coefficient (Wildman–Crippen LogP) is 5.25. The lowest BCUT2D eigenvalue weighted by Crippen LogP contribution is -2.40. The van der Waals surface area contributed by atoms with E-state index in [0.717, 1.165) is 5.56 Å². The second-order valence-corrected chi connectivity index (χ2v) is 11.2. The van der Waals surface area contributed by atoms with Gasteiger partial charge in [0, 0.05) is 30.5 Å². The topological polar surface area (TPSA) is 132 Å². The van der Waals surface area contributed by atoms with Crippen molar-refractivity contribution in [2.75, 3.05) is 18.4 Å². The van der Waals surface area contributed by atoms with E-state index in [4.69, 9.17) is 4.42 Å². The highest BCUT2D eigenvalue weighted by atomic mass is 19.3. The molecule has 3 aromatic heterocycles. The molecule has 1 N–H and O–H groups in total. The van der Waals surface area contributed by atoms with Gasteiger partial charge in [-0.15, -0.1) is 10.2 Å². The van der Waals surface area contributed by atoms with Gasteiger partial charge in [0.2, 0.25) is 11.8 Å². The van der Waals surface area contributed by atoms with Crippen LogP contribution in [0.5, 0.6) is 0 Å². The lowest BCUT2D eigenvalue weighted by atomic mass is 9.79. The second kappa shape index (κ2) is 11.7. The molecule has 0 bridgehead atoms. The number of benzene rings is 2. The van der Waals surface area contributed by atoms with Crippen molar-refractivity contribution < 1.29 is 27.2 Å². The Morgan fingerprint density at radius 2 is 1.80 bits per heavy atom. The summed E-state index contributed by atoms with van der Waals surface area (Å²) in [5.74, 6) is -1.05. The molecule has 0 unspecified atom stereocenters. The van der Waals surface area contributed by atoms with Gasteiger partial charge in [-0.3, -0.25) is 14.6 Å². The van der Waals surface area contributed by atoms with Crippen LogP contribution >= 0.6 is 0 Å². The third-order valence-electron chi connectivity index (χ3n) is 8.28. The molecular formula is C31H27F3N8O3. The number of nitrogens with one attached hydrogen (secondary N) is 1. The summed E-state index contributed by atoms with van der Waals surface area (Å²) in [5, 5.41) is 14.1. The maximum atomic E-state index is 13.5. The van der Waals surface area contributed by atoms with Crippen LogP contribution in [0.1, 0.15) is 53.6 Å². The number of nitrogens with zero attached hydrogens (tertiary/aromatic N) is 7. The summed E-state index contributed by atoms with van der Waals surface area (Å²) in [4.78, 5) is 36.5. The summed E-state index contributed by atoms with van der Waals surface area (Å²) in [5.41, 5.74) is 3.16. The Morgan fingerprint density at radius 1 is 1.02 bits per heavy atom. The van der Waals surface area contributed by atoms with Crippen LogP contribution in [0.25, 0.3) is 22.6 Å². The average molecular weight is 617 g/mol. The van der Waals surface area contributed by atoms with E-state index in [-0.39, 0.29) is 47.5 Å². The van der Waals surface area contributed by atoms with Crippen molar-refractivity contribution in [3.63, 3.8) is 0 Å². The molecule has 2 aromatic carbocycles. The molecule has 0 spiro atoms. The quantitative estimate of drug-likeness (QED) is 0.250. The number of likely N-dealkylation sites (tertiary alicyclic amines) is 1. The molecule has 3 atom stereocenters. The molecule has 2 amide bonds. The fraction of sp³-hybridized carbons (Fsp3) is 0.323. The molecule has 1 aliphatic heterocycles. The highest BCUT2D eigenvalue weighted by Gasteiger charge is 2.43. The minimum absolute atomic E-state index is 0.00293. The van der Waals surface area contributed by atoms with Crippen LogP contribution in [0, 0.1) is 11.8 Å². The molecule has 5 aromatic rings. The van der Waals surface area contributed by atoms with E-state index in [1.807, 2.05) is 30.3 Å². The average Bonchev–Trinajstić information content (AvgIpc) is 3.40. The summed E-state index contributed by atoms with van der Waals surface area (Å²) in [7, 11) is 0. The third kappa shape index (κ3) is 5.87. The molecule has 1 aliphatic carbocycles. The number of oxazole rings is 1. The van der Waals surface area contributed by atoms with Crippen molar-refractivity contribution in [3.8, 4) is 11.5 Å². The summed E-state index contributed by atoms with van der Waals surface area (Å²) in [6.45, 7) is -2.02. The van der Waals surface area contributed by atoms with Crippen molar-refractivity contribution in [2.24, 2.45) is 11.8 Å². The van der Waals surface area contributed by atoms with E-state index in [0.29, 0.717) is 53.1 Å². The summed E-state index contributed by atoms with van der Waals surface area (Å²) in [6, 6.07) is 17.8. The number of pyridine rings is 1. The molecule has 2 fully saturated rings. The molecule has 45 heavy (non-hydrogen) atoms. The molecule has 4 heterocycles. The first-order valence-electron chi connectivity index (χ1n) is 14.6. The number of hydrogen-bond donors (Lipinski definition) is 1. The monoisotopic (exact) mass is 616 g/mol. The molecule has 1 saturated heterocycles. The molecule has 7 rings (SSSR count). The maximum Gasteiger partial charge on any atom is 0.350 e. The molecule has 1 saturated carbocycles. The van der Waals surface area contributed by atoms with E-state index >= 15 is 0 Å². The Morgan fingerprint density at radius 3 is 2.51 bits per heavy atom. The van der Waals surface area contributed by atoms with Crippen molar-refractivity contribution in [2.45, 2.75) is 37.9 Å². The van der Waals surface area contributed by atoms with Crippen LogP contribution in [0.4, 0.5) is 18.9 Å². The zero-order valence-electron chi connectivity index (χ0n) is 23.8.